The van der Waals surface area contributed by atoms with Gasteiger partial charge in [-0.05, 0) is 30.4 Å². The van der Waals surface area contributed by atoms with Gasteiger partial charge in [-0.25, -0.2) is 0 Å². The number of hydrogen-bond donors (Lipinski definition) is 3. The molecule has 3 rings (SSSR count). The Morgan fingerprint density at radius 1 is 1.30 bits per heavy atom. The van der Waals surface area contributed by atoms with Gasteiger partial charge < -0.3 is 20.1 Å². The van der Waals surface area contributed by atoms with Gasteiger partial charge in [0.15, 0.2) is 5.78 Å². The summed E-state index contributed by atoms with van der Waals surface area (Å²) in [4.78, 5) is 24.6. The average molecular weight is 378 g/mol. The first kappa shape index (κ1) is 20.2. The summed E-state index contributed by atoms with van der Waals surface area (Å²) in [6, 6.07) is 0. The predicted molar refractivity (Wildman–Crippen MR) is 98.5 cm³/mol. The monoisotopic (exact) mass is 378 g/mol. The molecule has 0 aliphatic heterocycles. The Labute approximate surface area is 159 Å². The summed E-state index contributed by atoms with van der Waals surface area (Å²) in [5, 5.41) is 33.1. The third kappa shape index (κ3) is 2.80. The number of ketones is 1. The maximum Gasteiger partial charge on any atom is 0.302 e. The number of esters is 1. The highest BCUT2D eigenvalue weighted by molar-refractivity contribution is 6.04. The van der Waals surface area contributed by atoms with Crippen molar-refractivity contribution in [2.24, 2.45) is 23.2 Å². The second-order valence-electron chi connectivity index (χ2n) is 9.28. The number of Topliss-reactive ketones (excluding diaryl/α,β-unsaturated/α-hetero) is 1. The maximum absolute atomic E-state index is 12.8. The zero-order valence-electron chi connectivity index (χ0n) is 16.7. The lowest BCUT2D eigenvalue weighted by Crippen LogP contribution is -2.65. The highest BCUT2D eigenvalue weighted by atomic mass is 16.5. The fourth-order valence-corrected chi connectivity index (χ4v) is 5.69. The van der Waals surface area contributed by atoms with Crippen LogP contribution >= 0.6 is 0 Å². The van der Waals surface area contributed by atoms with Crippen LogP contribution in [0.2, 0.25) is 0 Å². The van der Waals surface area contributed by atoms with E-state index in [0.717, 1.165) is 0 Å². The molecule has 0 aromatic carbocycles. The van der Waals surface area contributed by atoms with Crippen molar-refractivity contribution >= 4 is 11.8 Å². The van der Waals surface area contributed by atoms with E-state index in [1.807, 2.05) is 20.8 Å². The van der Waals surface area contributed by atoms with Crippen LogP contribution in [-0.4, -0.2) is 51.0 Å². The Bertz CT molecular complexity index is 735. The van der Waals surface area contributed by atoms with Crippen molar-refractivity contribution in [3.05, 3.63) is 23.3 Å². The van der Waals surface area contributed by atoms with E-state index in [1.165, 1.54) is 6.92 Å². The van der Waals surface area contributed by atoms with Crippen LogP contribution in [0.4, 0.5) is 0 Å². The largest absolute Gasteiger partial charge is 0.461 e. The summed E-state index contributed by atoms with van der Waals surface area (Å²) >= 11 is 0. The molecule has 0 aromatic heterocycles. The minimum atomic E-state index is -1.79. The molecule has 0 unspecified atom stereocenters. The van der Waals surface area contributed by atoms with Crippen molar-refractivity contribution in [1.29, 1.82) is 0 Å². The van der Waals surface area contributed by atoms with Crippen LogP contribution in [-0.2, 0) is 14.3 Å². The lowest BCUT2D eigenvalue weighted by atomic mass is 9.53. The number of carbonyl (C=O) groups excluding carboxylic acids is 2. The van der Waals surface area contributed by atoms with E-state index in [4.69, 9.17) is 4.74 Å². The van der Waals surface area contributed by atoms with Crippen LogP contribution in [0.3, 0.4) is 0 Å². The van der Waals surface area contributed by atoms with Crippen molar-refractivity contribution in [1.82, 2.24) is 0 Å². The van der Waals surface area contributed by atoms with Gasteiger partial charge in [0.2, 0.25) is 0 Å². The Morgan fingerprint density at radius 3 is 2.48 bits per heavy atom. The van der Waals surface area contributed by atoms with Crippen LogP contribution in [0.15, 0.2) is 23.3 Å². The standard InChI is InChI=1S/C21H30O6/c1-11-6-16-20(25,17(11)24)9-14(10-22)7-15-18(27-13(3)23)19(4,5)8-12(2)21(15,16)26/h6-7,12,15-16,18,22,25-26H,8-10H2,1-5H3/t12-,15+,16-,18+,20-,21-/m1/s1. The molecule has 0 saturated heterocycles. The fourth-order valence-electron chi connectivity index (χ4n) is 5.69. The third-order valence-electron chi connectivity index (χ3n) is 6.84. The van der Waals surface area contributed by atoms with E-state index in [9.17, 15) is 24.9 Å². The molecule has 27 heavy (non-hydrogen) atoms. The van der Waals surface area contributed by atoms with E-state index in [1.54, 1.807) is 19.1 Å². The molecular weight excluding hydrogens is 348 g/mol. The second-order valence-corrected chi connectivity index (χ2v) is 9.28. The van der Waals surface area contributed by atoms with Crippen LogP contribution in [0, 0.1) is 23.2 Å². The lowest BCUT2D eigenvalue weighted by molar-refractivity contribution is -0.217. The van der Waals surface area contributed by atoms with Crippen molar-refractivity contribution in [3.63, 3.8) is 0 Å². The number of fused-ring (bicyclic) bond motifs is 3. The Balaban J connectivity index is 2.23. The van der Waals surface area contributed by atoms with Gasteiger partial charge in [-0.15, -0.1) is 0 Å². The van der Waals surface area contributed by atoms with Gasteiger partial charge in [-0.1, -0.05) is 32.9 Å². The normalized spacial score (nSPS) is 43.2. The molecule has 0 amide bonds. The molecule has 3 N–H and O–H groups in total. The molecule has 3 aliphatic carbocycles. The minimum Gasteiger partial charge on any atom is -0.461 e. The van der Waals surface area contributed by atoms with Crippen molar-refractivity contribution in [2.75, 3.05) is 6.61 Å². The molecule has 1 fully saturated rings. The van der Waals surface area contributed by atoms with Gasteiger partial charge in [0.1, 0.15) is 11.7 Å². The molecule has 1 saturated carbocycles. The van der Waals surface area contributed by atoms with Gasteiger partial charge in [0.05, 0.1) is 12.2 Å². The maximum atomic E-state index is 12.8. The lowest BCUT2D eigenvalue weighted by Gasteiger charge is -2.56. The first-order chi connectivity index (χ1) is 12.4. The Kier molecular flexibility index (Phi) is 4.69. The number of ether oxygens (including phenoxy) is 1. The molecule has 0 aromatic rings. The van der Waals surface area contributed by atoms with Crippen molar-refractivity contribution < 1.29 is 29.6 Å². The number of rotatable bonds is 2. The molecule has 3 aliphatic rings. The van der Waals surface area contributed by atoms with Gasteiger partial charge >= 0.3 is 5.97 Å². The fraction of sp³-hybridized carbons (Fsp3) is 0.714. The molecule has 6 nitrogen and oxygen atoms in total. The first-order valence-corrected chi connectivity index (χ1v) is 9.53. The zero-order chi connectivity index (χ0) is 20.4. The molecule has 150 valence electrons. The molecular formula is C21H30O6. The van der Waals surface area contributed by atoms with Crippen molar-refractivity contribution in [2.45, 2.75) is 64.8 Å². The summed E-state index contributed by atoms with van der Waals surface area (Å²) in [5.74, 6) is -2.59. The highest BCUT2D eigenvalue weighted by Gasteiger charge is 2.66. The van der Waals surface area contributed by atoms with Crippen LogP contribution in [0.25, 0.3) is 0 Å². The summed E-state index contributed by atoms with van der Waals surface area (Å²) in [5.41, 5.74) is -2.80. The Hall–Kier alpha value is -1.50. The predicted octanol–water partition coefficient (Wildman–Crippen LogP) is 1.53. The van der Waals surface area contributed by atoms with E-state index in [-0.39, 0.29) is 18.9 Å². The molecule has 0 bridgehead atoms. The quantitative estimate of drug-likeness (QED) is 0.497. The summed E-state index contributed by atoms with van der Waals surface area (Å²) in [6.45, 7) is 8.51. The Morgan fingerprint density at radius 2 is 1.93 bits per heavy atom. The molecule has 6 atom stereocenters. The third-order valence-corrected chi connectivity index (χ3v) is 6.84. The summed E-state index contributed by atoms with van der Waals surface area (Å²) in [6.07, 6.45) is 3.26. The van der Waals surface area contributed by atoms with Gasteiger partial charge in [0.25, 0.3) is 0 Å². The molecule has 0 spiro atoms. The van der Waals surface area contributed by atoms with E-state index in [0.29, 0.717) is 17.6 Å². The molecule has 6 heteroatoms. The molecule has 0 radical (unpaired) electrons. The van der Waals surface area contributed by atoms with Gasteiger partial charge in [0, 0.05) is 30.6 Å². The number of aliphatic hydroxyl groups is 3. The zero-order valence-corrected chi connectivity index (χ0v) is 16.7. The second kappa shape index (κ2) is 6.26. The van der Waals surface area contributed by atoms with Crippen LogP contribution in [0.1, 0.15) is 47.5 Å². The number of hydrogen-bond acceptors (Lipinski definition) is 6. The average Bonchev–Trinajstić information content (AvgIpc) is 2.72. The van der Waals surface area contributed by atoms with E-state index >= 15 is 0 Å². The van der Waals surface area contributed by atoms with Gasteiger partial charge in [-0.3, -0.25) is 9.59 Å². The summed E-state index contributed by atoms with van der Waals surface area (Å²) < 4.78 is 5.66. The number of carbonyl (C=O) groups is 2. The highest BCUT2D eigenvalue weighted by Crippen LogP contribution is 2.58. The smallest absolute Gasteiger partial charge is 0.302 e. The van der Waals surface area contributed by atoms with E-state index in [2.05, 4.69) is 0 Å². The number of aliphatic hydroxyl groups excluding tert-OH is 1. The van der Waals surface area contributed by atoms with Gasteiger partial charge in [-0.2, -0.15) is 0 Å². The van der Waals surface area contributed by atoms with Crippen LogP contribution < -0.4 is 0 Å². The SMILES string of the molecule is CC(=O)O[C@H]1[C@@H]2C=C(CO)C[C@]3(O)C(=O)C(C)=C[C@H]3[C@@]2(O)[C@H](C)CC1(C)C. The first-order valence-electron chi connectivity index (χ1n) is 9.53. The minimum absolute atomic E-state index is 0.0421. The van der Waals surface area contributed by atoms with Crippen molar-refractivity contribution in [3.8, 4) is 0 Å². The topological polar surface area (TPSA) is 104 Å². The van der Waals surface area contributed by atoms with E-state index < -0.39 is 46.3 Å². The van der Waals surface area contributed by atoms with Crippen LogP contribution in [0.5, 0.6) is 0 Å². The molecule has 0 heterocycles. The summed E-state index contributed by atoms with van der Waals surface area (Å²) in [7, 11) is 0.